The third kappa shape index (κ3) is 3.48. The molecular weight excluding hydrogens is 260 g/mol. The molecule has 1 amide bonds. The van der Waals surface area contributed by atoms with Gasteiger partial charge in [0.15, 0.2) is 0 Å². The van der Waals surface area contributed by atoms with E-state index in [1.54, 1.807) is 0 Å². The molecule has 0 unspecified atom stereocenters. The van der Waals surface area contributed by atoms with Gasteiger partial charge < -0.3 is 10.2 Å². The number of carbonyl (C=O) groups excluding carboxylic acids is 1. The summed E-state index contributed by atoms with van der Waals surface area (Å²) in [5.74, 6) is -0.0546. The Morgan fingerprint density at radius 3 is 2.53 bits per heavy atom. The molecule has 1 N–H and O–H groups in total. The molecule has 1 aromatic carbocycles. The third-order valence-corrected chi connectivity index (χ3v) is 4.32. The van der Waals surface area contributed by atoms with E-state index in [4.69, 9.17) is 11.6 Å². The molecule has 4 heteroatoms. The molecule has 1 saturated heterocycles. The molecule has 0 spiro atoms. The minimum absolute atomic E-state index is 0.0325. The van der Waals surface area contributed by atoms with E-state index in [0.717, 1.165) is 25.9 Å². The Morgan fingerprint density at radius 2 is 1.95 bits per heavy atom. The van der Waals surface area contributed by atoms with Crippen molar-refractivity contribution in [2.45, 2.75) is 18.3 Å². The third-order valence-electron chi connectivity index (χ3n) is 4.08. The summed E-state index contributed by atoms with van der Waals surface area (Å²) in [5.41, 5.74) is 1.37. The van der Waals surface area contributed by atoms with E-state index in [1.807, 2.05) is 6.07 Å². The second-order valence-electron chi connectivity index (χ2n) is 5.36. The van der Waals surface area contributed by atoms with Crippen LogP contribution in [0.1, 0.15) is 18.4 Å². The van der Waals surface area contributed by atoms with E-state index in [9.17, 15) is 4.79 Å². The number of benzene rings is 1. The number of piperidine rings is 1. The summed E-state index contributed by atoms with van der Waals surface area (Å²) in [6.45, 7) is 2.80. The predicted molar refractivity (Wildman–Crippen MR) is 78.6 cm³/mol. The summed E-state index contributed by atoms with van der Waals surface area (Å²) >= 11 is 5.56. The van der Waals surface area contributed by atoms with Gasteiger partial charge in [-0.1, -0.05) is 30.3 Å². The zero-order valence-electron chi connectivity index (χ0n) is 11.4. The monoisotopic (exact) mass is 280 g/mol. The van der Waals surface area contributed by atoms with E-state index in [-0.39, 0.29) is 17.2 Å². The van der Waals surface area contributed by atoms with Crippen LogP contribution in [-0.2, 0) is 10.2 Å². The number of hydrogen-bond acceptors (Lipinski definition) is 2. The van der Waals surface area contributed by atoms with E-state index < -0.39 is 0 Å². The molecule has 3 nitrogen and oxygen atoms in total. The van der Waals surface area contributed by atoms with Gasteiger partial charge in [-0.15, -0.1) is 11.6 Å². The first-order valence-electron chi connectivity index (χ1n) is 6.73. The Balaban J connectivity index is 2.16. The minimum atomic E-state index is -0.0871. The van der Waals surface area contributed by atoms with Gasteiger partial charge in [0.1, 0.15) is 5.88 Å². The van der Waals surface area contributed by atoms with E-state index in [0.29, 0.717) is 6.54 Å². The molecule has 0 atom stereocenters. The molecular formula is C15H21ClN2O. The molecule has 19 heavy (non-hydrogen) atoms. The van der Waals surface area contributed by atoms with Crippen LogP contribution in [0.3, 0.4) is 0 Å². The second kappa shape index (κ2) is 6.40. The van der Waals surface area contributed by atoms with Crippen molar-refractivity contribution in [1.29, 1.82) is 0 Å². The van der Waals surface area contributed by atoms with Gasteiger partial charge >= 0.3 is 0 Å². The molecule has 0 aliphatic carbocycles. The molecule has 0 aromatic heterocycles. The molecule has 2 rings (SSSR count). The van der Waals surface area contributed by atoms with Crippen molar-refractivity contribution >= 4 is 17.5 Å². The highest BCUT2D eigenvalue weighted by Gasteiger charge is 2.35. The summed E-state index contributed by atoms with van der Waals surface area (Å²) in [6, 6.07) is 10.5. The van der Waals surface area contributed by atoms with Gasteiger partial charge in [-0.25, -0.2) is 0 Å². The molecule has 1 aromatic rings. The van der Waals surface area contributed by atoms with E-state index in [2.05, 4.69) is 41.5 Å². The Morgan fingerprint density at radius 1 is 1.32 bits per heavy atom. The summed E-state index contributed by atoms with van der Waals surface area (Å²) in [7, 11) is 2.15. The quantitative estimate of drug-likeness (QED) is 0.856. The molecule has 1 aliphatic rings. The summed E-state index contributed by atoms with van der Waals surface area (Å²) < 4.78 is 0. The van der Waals surface area contributed by atoms with Crippen LogP contribution in [0.25, 0.3) is 0 Å². The van der Waals surface area contributed by atoms with Crippen molar-refractivity contribution in [3.05, 3.63) is 35.9 Å². The maximum absolute atomic E-state index is 11.4. The highest BCUT2D eigenvalue weighted by molar-refractivity contribution is 6.27. The number of amides is 1. The van der Waals surface area contributed by atoms with Gasteiger partial charge in [0, 0.05) is 12.0 Å². The SMILES string of the molecule is CN1CCC(CNC(=O)CCl)(c2ccccc2)CC1. The lowest BCUT2D eigenvalue weighted by molar-refractivity contribution is -0.119. The first-order chi connectivity index (χ1) is 9.16. The minimum Gasteiger partial charge on any atom is -0.354 e. The highest BCUT2D eigenvalue weighted by Crippen LogP contribution is 2.34. The van der Waals surface area contributed by atoms with Gasteiger partial charge in [0.05, 0.1) is 0 Å². The lowest BCUT2D eigenvalue weighted by Gasteiger charge is -2.41. The molecule has 1 heterocycles. The maximum Gasteiger partial charge on any atom is 0.234 e. The lowest BCUT2D eigenvalue weighted by Crippen LogP contribution is -2.48. The van der Waals surface area contributed by atoms with Crippen LogP contribution in [-0.4, -0.2) is 43.4 Å². The fraction of sp³-hybridized carbons (Fsp3) is 0.533. The molecule has 0 saturated carbocycles. The maximum atomic E-state index is 11.4. The Hall–Kier alpha value is -1.06. The Labute approximate surface area is 119 Å². The lowest BCUT2D eigenvalue weighted by atomic mass is 9.72. The van der Waals surface area contributed by atoms with Crippen molar-refractivity contribution in [2.24, 2.45) is 0 Å². The number of likely N-dealkylation sites (tertiary alicyclic amines) is 1. The van der Waals surface area contributed by atoms with E-state index >= 15 is 0 Å². The topological polar surface area (TPSA) is 32.3 Å². The van der Waals surface area contributed by atoms with Gasteiger partial charge in [-0.3, -0.25) is 4.79 Å². The van der Waals surface area contributed by atoms with Crippen LogP contribution < -0.4 is 5.32 Å². The van der Waals surface area contributed by atoms with Crippen LogP contribution >= 0.6 is 11.6 Å². The van der Waals surface area contributed by atoms with Gasteiger partial charge in [0.2, 0.25) is 5.91 Å². The fourth-order valence-electron chi connectivity index (χ4n) is 2.72. The zero-order chi connectivity index (χ0) is 13.7. The zero-order valence-corrected chi connectivity index (χ0v) is 12.1. The standard InChI is InChI=1S/C15H21ClN2O/c1-18-9-7-15(8-10-18,12-17-14(19)11-16)13-5-3-2-4-6-13/h2-6H,7-12H2,1H3,(H,17,19). The smallest absolute Gasteiger partial charge is 0.234 e. The van der Waals surface area contributed by atoms with Crippen LogP contribution in [0.4, 0.5) is 0 Å². The highest BCUT2D eigenvalue weighted by atomic mass is 35.5. The average Bonchev–Trinajstić information content (AvgIpc) is 2.47. The molecule has 104 valence electrons. The van der Waals surface area contributed by atoms with Crippen LogP contribution in [0.15, 0.2) is 30.3 Å². The van der Waals surface area contributed by atoms with Crippen LogP contribution in [0, 0.1) is 0 Å². The average molecular weight is 281 g/mol. The summed E-state index contributed by atoms with van der Waals surface area (Å²) in [6.07, 6.45) is 2.13. The summed E-state index contributed by atoms with van der Waals surface area (Å²) in [4.78, 5) is 13.8. The normalized spacial score (nSPS) is 19.1. The first-order valence-corrected chi connectivity index (χ1v) is 7.26. The number of alkyl halides is 1. The van der Waals surface area contributed by atoms with Gasteiger partial charge in [-0.2, -0.15) is 0 Å². The van der Waals surface area contributed by atoms with Crippen LogP contribution in [0.5, 0.6) is 0 Å². The van der Waals surface area contributed by atoms with Crippen LogP contribution in [0.2, 0.25) is 0 Å². The largest absolute Gasteiger partial charge is 0.354 e. The Kier molecular flexibility index (Phi) is 4.83. The van der Waals surface area contributed by atoms with Crippen molar-refractivity contribution < 1.29 is 4.79 Å². The number of nitrogens with one attached hydrogen (secondary N) is 1. The van der Waals surface area contributed by atoms with Crippen molar-refractivity contribution in [2.75, 3.05) is 32.6 Å². The predicted octanol–water partition coefficient (Wildman–Crippen LogP) is 2.00. The Bertz CT molecular complexity index is 413. The molecule has 1 fully saturated rings. The molecule has 0 bridgehead atoms. The fourth-order valence-corrected chi connectivity index (χ4v) is 2.82. The van der Waals surface area contributed by atoms with Crippen molar-refractivity contribution in [3.8, 4) is 0 Å². The number of hydrogen-bond donors (Lipinski definition) is 1. The number of carbonyl (C=O) groups is 1. The van der Waals surface area contributed by atoms with Crippen molar-refractivity contribution in [3.63, 3.8) is 0 Å². The first kappa shape index (κ1) is 14.4. The number of rotatable bonds is 4. The van der Waals surface area contributed by atoms with Gasteiger partial charge in [-0.05, 0) is 38.5 Å². The summed E-state index contributed by atoms with van der Waals surface area (Å²) in [5, 5.41) is 2.97. The number of nitrogens with zero attached hydrogens (tertiary/aromatic N) is 1. The second-order valence-corrected chi connectivity index (χ2v) is 5.63. The number of halogens is 1. The van der Waals surface area contributed by atoms with E-state index in [1.165, 1.54) is 5.56 Å². The molecule has 1 aliphatic heterocycles. The van der Waals surface area contributed by atoms with Crippen molar-refractivity contribution in [1.82, 2.24) is 10.2 Å². The molecule has 0 radical (unpaired) electrons. The van der Waals surface area contributed by atoms with Gasteiger partial charge in [0.25, 0.3) is 0 Å².